The van der Waals surface area contributed by atoms with Crippen LogP contribution in [-0.4, -0.2) is 59.5 Å². The van der Waals surface area contributed by atoms with Crippen LogP contribution >= 0.6 is 0 Å². The van der Waals surface area contributed by atoms with E-state index in [4.69, 9.17) is 0 Å². The van der Waals surface area contributed by atoms with Crippen LogP contribution in [0, 0.1) is 0 Å². The molecule has 9 heteroatoms. The van der Waals surface area contributed by atoms with Gasteiger partial charge in [-0.2, -0.15) is 0 Å². The Balaban J connectivity index is 2.82. The molecule has 9 nitrogen and oxygen atoms in total. The van der Waals surface area contributed by atoms with Crippen LogP contribution in [0.4, 0.5) is 5.95 Å². The molecule has 1 aromatic rings. The first-order valence-corrected chi connectivity index (χ1v) is 4.69. The maximum absolute atomic E-state index is 11.2. The van der Waals surface area contributed by atoms with E-state index in [1.54, 1.807) is 7.05 Å². The summed E-state index contributed by atoms with van der Waals surface area (Å²) < 4.78 is 10.4. The number of methoxy groups -OCH3 is 2. The predicted octanol–water partition coefficient (Wildman–Crippen LogP) is -1.64. The number of rotatable bonds is 5. The molecule has 0 unspecified atom stereocenters. The Hall–Kier alpha value is -2.19. The molecule has 0 aromatic carbocycles. The minimum atomic E-state index is -0.503. The van der Waals surface area contributed by atoms with Crippen LogP contribution in [0.2, 0.25) is 0 Å². The highest BCUT2D eigenvalue weighted by Crippen LogP contribution is 2.06. The molecule has 0 aliphatic rings. The van der Waals surface area contributed by atoms with Gasteiger partial charge in [0.2, 0.25) is 5.95 Å². The lowest BCUT2D eigenvalue weighted by Gasteiger charge is -2.19. The molecule has 0 atom stereocenters. The lowest BCUT2D eigenvalue weighted by Crippen LogP contribution is -2.37. The molecule has 0 amide bonds. The third kappa shape index (κ3) is 3.40. The van der Waals surface area contributed by atoms with Gasteiger partial charge in [-0.05, 0) is 10.4 Å². The summed E-state index contributed by atoms with van der Waals surface area (Å²) in [5, 5.41) is 10.7. The summed E-state index contributed by atoms with van der Waals surface area (Å²) in [6.07, 6.45) is 0. The Labute approximate surface area is 97.3 Å². The number of anilines is 1. The van der Waals surface area contributed by atoms with Crippen LogP contribution in [-0.2, 0) is 26.1 Å². The van der Waals surface area contributed by atoms with Gasteiger partial charge >= 0.3 is 11.9 Å². The summed E-state index contributed by atoms with van der Waals surface area (Å²) in [5.74, 6) is -0.727. The molecular weight excluding hydrogens is 230 g/mol. The van der Waals surface area contributed by atoms with Gasteiger partial charge in [0.05, 0.1) is 14.2 Å². The molecule has 0 spiro atoms. The fraction of sp³-hybridized carbons (Fsp3) is 0.625. The fourth-order valence-electron chi connectivity index (χ4n) is 1.13. The Kier molecular flexibility index (Phi) is 4.37. The van der Waals surface area contributed by atoms with Crippen LogP contribution in [0.5, 0.6) is 0 Å². The first-order chi connectivity index (χ1) is 8.08. The third-order valence-corrected chi connectivity index (χ3v) is 1.98. The second-order valence-electron chi connectivity index (χ2n) is 3.11. The third-order valence-electron chi connectivity index (χ3n) is 1.98. The minimum Gasteiger partial charge on any atom is -0.468 e. The number of hydrogen-bond donors (Lipinski definition) is 0. The summed E-state index contributed by atoms with van der Waals surface area (Å²) in [4.78, 5) is 23.8. The molecule has 1 heterocycles. The van der Waals surface area contributed by atoms with E-state index in [0.717, 1.165) is 0 Å². The molecule has 1 aromatic heterocycles. The molecule has 17 heavy (non-hydrogen) atoms. The highest BCUT2D eigenvalue weighted by Gasteiger charge is 2.20. The first-order valence-electron chi connectivity index (χ1n) is 4.69. The summed E-state index contributed by atoms with van der Waals surface area (Å²) in [7, 11) is 4.11. The zero-order valence-corrected chi connectivity index (χ0v) is 9.78. The van der Waals surface area contributed by atoms with Crippen molar-refractivity contribution in [2.24, 2.45) is 7.05 Å². The summed E-state index contributed by atoms with van der Waals surface area (Å²) >= 11 is 0. The van der Waals surface area contributed by atoms with Gasteiger partial charge in [0.15, 0.2) is 0 Å². The molecule has 0 radical (unpaired) electrons. The molecule has 0 saturated heterocycles. The first kappa shape index (κ1) is 12.9. The van der Waals surface area contributed by atoms with Crippen molar-refractivity contribution in [1.29, 1.82) is 0 Å². The van der Waals surface area contributed by atoms with Gasteiger partial charge in [0, 0.05) is 7.05 Å². The SMILES string of the molecule is COC(=O)CN(CC(=O)OC)c1nnnn1C. The molecule has 0 N–H and O–H groups in total. The van der Waals surface area contributed by atoms with Crippen LogP contribution in [0.1, 0.15) is 0 Å². The van der Waals surface area contributed by atoms with Gasteiger partial charge in [-0.25, -0.2) is 4.68 Å². The van der Waals surface area contributed by atoms with E-state index in [1.165, 1.54) is 23.8 Å². The smallest absolute Gasteiger partial charge is 0.325 e. The average molecular weight is 243 g/mol. The van der Waals surface area contributed by atoms with E-state index in [9.17, 15) is 9.59 Å². The Morgan fingerprint density at radius 1 is 1.24 bits per heavy atom. The summed E-state index contributed by atoms with van der Waals surface area (Å²) in [6.45, 7) is -0.278. The normalized spacial score (nSPS) is 9.82. The van der Waals surface area contributed by atoms with Crippen LogP contribution in [0.15, 0.2) is 0 Å². The van der Waals surface area contributed by atoms with E-state index in [1.807, 2.05) is 0 Å². The lowest BCUT2D eigenvalue weighted by atomic mass is 10.5. The van der Waals surface area contributed by atoms with Gasteiger partial charge in [-0.3, -0.25) is 9.59 Å². The number of carbonyl (C=O) groups excluding carboxylic acids is 2. The molecule has 1 rings (SSSR count). The molecule has 94 valence electrons. The predicted molar refractivity (Wildman–Crippen MR) is 55.0 cm³/mol. The zero-order valence-electron chi connectivity index (χ0n) is 9.78. The molecule has 0 saturated carbocycles. The molecule has 0 fully saturated rings. The van der Waals surface area contributed by atoms with Gasteiger partial charge in [0.1, 0.15) is 13.1 Å². The molecule has 0 aliphatic heterocycles. The maximum atomic E-state index is 11.2. The number of ether oxygens (including phenoxy) is 2. The van der Waals surface area contributed by atoms with Gasteiger partial charge < -0.3 is 14.4 Å². The van der Waals surface area contributed by atoms with E-state index in [2.05, 4.69) is 25.0 Å². The maximum Gasteiger partial charge on any atom is 0.325 e. The number of esters is 2. The van der Waals surface area contributed by atoms with Crippen molar-refractivity contribution < 1.29 is 19.1 Å². The Morgan fingerprint density at radius 2 is 1.76 bits per heavy atom. The Morgan fingerprint density at radius 3 is 2.12 bits per heavy atom. The number of tetrazole rings is 1. The standard InChI is InChI=1S/C8H13N5O4/c1-12-8(9-10-11-12)13(4-6(14)16-2)5-7(15)17-3/h4-5H2,1-3H3. The van der Waals surface area contributed by atoms with Crippen molar-refractivity contribution in [3.63, 3.8) is 0 Å². The van der Waals surface area contributed by atoms with Crippen molar-refractivity contribution in [3.8, 4) is 0 Å². The number of aromatic nitrogens is 4. The minimum absolute atomic E-state index is 0.139. The fourth-order valence-corrected chi connectivity index (χ4v) is 1.13. The molecule has 0 bridgehead atoms. The van der Waals surface area contributed by atoms with Crippen molar-refractivity contribution in [2.45, 2.75) is 0 Å². The van der Waals surface area contributed by atoms with Crippen molar-refractivity contribution in [3.05, 3.63) is 0 Å². The highest BCUT2D eigenvalue weighted by atomic mass is 16.5. The van der Waals surface area contributed by atoms with Crippen molar-refractivity contribution in [1.82, 2.24) is 20.2 Å². The van der Waals surface area contributed by atoms with E-state index >= 15 is 0 Å². The number of carbonyl (C=O) groups is 2. The van der Waals surface area contributed by atoms with Crippen molar-refractivity contribution >= 4 is 17.9 Å². The zero-order chi connectivity index (χ0) is 12.8. The van der Waals surface area contributed by atoms with E-state index in [-0.39, 0.29) is 19.0 Å². The second-order valence-corrected chi connectivity index (χ2v) is 3.11. The molecule has 0 aliphatic carbocycles. The Bertz CT molecular complexity index is 386. The number of hydrogen-bond acceptors (Lipinski definition) is 8. The van der Waals surface area contributed by atoms with Gasteiger partial charge in [0.25, 0.3) is 0 Å². The quantitative estimate of drug-likeness (QED) is 0.568. The molecular formula is C8H13N5O4. The highest BCUT2D eigenvalue weighted by molar-refractivity contribution is 5.80. The largest absolute Gasteiger partial charge is 0.468 e. The van der Waals surface area contributed by atoms with E-state index in [0.29, 0.717) is 0 Å². The van der Waals surface area contributed by atoms with Gasteiger partial charge in [-0.15, -0.1) is 0 Å². The second kappa shape index (κ2) is 5.77. The summed E-state index contributed by atoms with van der Waals surface area (Å²) in [6, 6.07) is 0. The number of nitrogens with zero attached hydrogens (tertiary/aromatic N) is 5. The van der Waals surface area contributed by atoms with Gasteiger partial charge in [-0.1, -0.05) is 5.10 Å². The lowest BCUT2D eigenvalue weighted by molar-refractivity contribution is -0.140. The van der Waals surface area contributed by atoms with Crippen LogP contribution in [0.25, 0.3) is 0 Å². The van der Waals surface area contributed by atoms with Crippen LogP contribution < -0.4 is 4.90 Å². The van der Waals surface area contributed by atoms with Crippen LogP contribution in [0.3, 0.4) is 0 Å². The van der Waals surface area contributed by atoms with Crippen molar-refractivity contribution in [2.75, 3.05) is 32.2 Å². The topological polar surface area (TPSA) is 99.4 Å². The number of aryl methyl sites for hydroxylation is 1. The summed E-state index contributed by atoms with van der Waals surface area (Å²) in [5.41, 5.74) is 0. The average Bonchev–Trinajstić information content (AvgIpc) is 2.74. The van der Waals surface area contributed by atoms with E-state index < -0.39 is 11.9 Å². The monoisotopic (exact) mass is 243 g/mol.